The molecule has 0 aromatic heterocycles. The Bertz CT molecular complexity index is 514. The van der Waals surface area contributed by atoms with E-state index in [0.29, 0.717) is 0 Å². The first kappa shape index (κ1) is 15.8. The van der Waals surface area contributed by atoms with Crippen LogP contribution in [0.2, 0.25) is 0 Å². The molecule has 1 aromatic carbocycles. The van der Waals surface area contributed by atoms with Crippen LogP contribution in [0.1, 0.15) is 19.3 Å². The number of alkyl halides is 3. The number of benzene rings is 1. The largest absolute Gasteiger partial charge is 0.507 e. The van der Waals surface area contributed by atoms with E-state index in [9.17, 15) is 26.7 Å². The monoisotopic (exact) mass is 297 g/mol. The summed E-state index contributed by atoms with van der Waals surface area (Å²) in [4.78, 5) is -0.286. The highest BCUT2D eigenvalue weighted by Crippen LogP contribution is 2.23. The van der Waals surface area contributed by atoms with Gasteiger partial charge in [0.1, 0.15) is 10.6 Å². The Morgan fingerprint density at radius 3 is 2.37 bits per heavy atom. The number of unbranched alkanes of at least 4 members (excludes halogenated alkanes) is 1. The Morgan fingerprint density at radius 1 is 1.16 bits per heavy atom. The van der Waals surface area contributed by atoms with Crippen LogP contribution < -0.4 is 4.72 Å². The topological polar surface area (TPSA) is 66.4 Å². The summed E-state index contributed by atoms with van der Waals surface area (Å²) >= 11 is 0. The Morgan fingerprint density at radius 2 is 1.79 bits per heavy atom. The molecule has 1 rings (SSSR count). The molecule has 0 unspecified atom stereocenters. The van der Waals surface area contributed by atoms with Gasteiger partial charge in [0.05, 0.1) is 0 Å². The molecule has 0 spiro atoms. The summed E-state index contributed by atoms with van der Waals surface area (Å²) in [6.07, 6.45) is -5.24. The Kier molecular flexibility index (Phi) is 5.19. The molecule has 19 heavy (non-hydrogen) atoms. The van der Waals surface area contributed by atoms with E-state index in [0.717, 1.165) is 0 Å². The smallest absolute Gasteiger partial charge is 0.389 e. The lowest BCUT2D eigenvalue weighted by Gasteiger charge is -2.09. The molecule has 0 aliphatic carbocycles. The van der Waals surface area contributed by atoms with Gasteiger partial charge in [-0.2, -0.15) is 13.2 Å². The van der Waals surface area contributed by atoms with Gasteiger partial charge in [0.2, 0.25) is 10.0 Å². The lowest BCUT2D eigenvalue weighted by Crippen LogP contribution is -2.25. The van der Waals surface area contributed by atoms with Crippen molar-refractivity contribution in [2.45, 2.75) is 30.3 Å². The zero-order valence-corrected chi connectivity index (χ0v) is 10.8. The summed E-state index contributed by atoms with van der Waals surface area (Å²) in [7, 11) is -3.89. The van der Waals surface area contributed by atoms with Crippen molar-refractivity contribution in [1.82, 2.24) is 4.72 Å². The molecule has 4 nitrogen and oxygen atoms in total. The van der Waals surface area contributed by atoms with Crippen molar-refractivity contribution in [2.24, 2.45) is 0 Å². The van der Waals surface area contributed by atoms with E-state index in [-0.39, 0.29) is 24.3 Å². The lowest BCUT2D eigenvalue weighted by molar-refractivity contribution is -0.135. The molecule has 0 fully saturated rings. The number of phenolic OH excluding ortho intramolecular Hbond substituents is 1. The van der Waals surface area contributed by atoms with Crippen LogP contribution in [0.25, 0.3) is 0 Å². The van der Waals surface area contributed by atoms with E-state index in [1.165, 1.54) is 24.3 Å². The van der Waals surface area contributed by atoms with E-state index in [2.05, 4.69) is 4.72 Å². The van der Waals surface area contributed by atoms with Crippen molar-refractivity contribution >= 4 is 10.0 Å². The Hall–Kier alpha value is -1.28. The van der Waals surface area contributed by atoms with Crippen LogP contribution in [0.5, 0.6) is 5.75 Å². The van der Waals surface area contributed by atoms with Crippen LogP contribution >= 0.6 is 0 Å². The predicted molar refractivity (Wildman–Crippen MR) is 63.2 cm³/mol. The third-order valence-electron chi connectivity index (χ3n) is 2.33. The highest BCUT2D eigenvalue weighted by molar-refractivity contribution is 7.89. The third kappa shape index (κ3) is 5.48. The minimum atomic E-state index is -4.23. The van der Waals surface area contributed by atoms with Gasteiger partial charge in [-0.1, -0.05) is 12.1 Å². The zero-order chi connectivity index (χ0) is 14.5. The molecular formula is C11H14F3NO3S. The second kappa shape index (κ2) is 6.25. The van der Waals surface area contributed by atoms with Gasteiger partial charge in [-0.25, -0.2) is 13.1 Å². The summed E-state index contributed by atoms with van der Waals surface area (Å²) in [6, 6.07) is 5.35. The van der Waals surface area contributed by atoms with Crippen LogP contribution in [0.15, 0.2) is 29.2 Å². The molecule has 8 heteroatoms. The van der Waals surface area contributed by atoms with Crippen LogP contribution in [0.3, 0.4) is 0 Å². The van der Waals surface area contributed by atoms with E-state index in [1.54, 1.807) is 0 Å². The van der Waals surface area contributed by atoms with Crippen molar-refractivity contribution < 1.29 is 26.7 Å². The molecule has 0 saturated carbocycles. The zero-order valence-electron chi connectivity index (χ0n) is 9.94. The summed E-state index contributed by atoms with van der Waals surface area (Å²) in [5.74, 6) is -0.398. The molecule has 0 bridgehead atoms. The highest BCUT2D eigenvalue weighted by atomic mass is 32.2. The van der Waals surface area contributed by atoms with E-state index in [1.807, 2.05) is 0 Å². The van der Waals surface area contributed by atoms with E-state index < -0.39 is 28.4 Å². The minimum absolute atomic E-state index is 0.0757. The van der Waals surface area contributed by atoms with Gasteiger partial charge in [0, 0.05) is 13.0 Å². The molecule has 0 amide bonds. The first-order chi connectivity index (χ1) is 8.72. The standard InChI is InChI=1S/C11H14F3NO3S/c12-11(13,14)7-3-4-8-15-19(17,18)10-6-2-1-5-9(10)16/h1-2,5-6,15-16H,3-4,7-8H2. The SMILES string of the molecule is O=S(=O)(NCCCCC(F)(F)F)c1ccccc1O. The number of para-hydroxylation sites is 1. The fraction of sp³-hybridized carbons (Fsp3) is 0.455. The second-order valence-electron chi connectivity index (χ2n) is 3.94. The number of halogens is 3. The van der Waals surface area contributed by atoms with Gasteiger partial charge in [-0.3, -0.25) is 0 Å². The maximum atomic E-state index is 11.9. The molecule has 0 aliphatic rings. The van der Waals surface area contributed by atoms with Crippen molar-refractivity contribution in [3.05, 3.63) is 24.3 Å². The predicted octanol–water partition coefficient (Wildman–Crippen LogP) is 2.40. The molecule has 0 heterocycles. The summed E-state index contributed by atoms with van der Waals surface area (Å²) in [6.45, 7) is -0.104. The number of aromatic hydroxyl groups is 1. The fourth-order valence-corrected chi connectivity index (χ4v) is 2.59. The number of phenols is 1. The Balaban J connectivity index is 2.47. The van der Waals surface area contributed by atoms with Gasteiger partial charge >= 0.3 is 6.18 Å². The fourth-order valence-electron chi connectivity index (χ4n) is 1.42. The molecule has 0 aliphatic heterocycles. The Labute approximate surface area is 109 Å². The first-order valence-corrected chi connectivity index (χ1v) is 7.05. The number of nitrogens with one attached hydrogen (secondary N) is 1. The van der Waals surface area contributed by atoms with E-state index in [4.69, 9.17) is 0 Å². The number of hydrogen-bond donors (Lipinski definition) is 2. The van der Waals surface area contributed by atoms with Crippen LogP contribution in [-0.2, 0) is 10.0 Å². The molecule has 2 N–H and O–H groups in total. The number of sulfonamides is 1. The number of rotatable bonds is 6. The van der Waals surface area contributed by atoms with Gasteiger partial charge in [-0.05, 0) is 25.0 Å². The van der Waals surface area contributed by atoms with Gasteiger partial charge in [0.25, 0.3) is 0 Å². The average Bonchev–Trinajstić information content (AvgIpc) is 2.27. The van der Waals surface area contributed by atoms with Crippen LogP contribution in [-0.4, -0.2) is 26.2 Å². The van der Waals surface area contributed by atoms with Gasteiger partial charge in [-0.15, -0.1) is 0 Å². The minimum Gasteiger partial charge on any atom is -0.507 e. The van der Waals surface area contributed by atoms with Crippen LogP contribution in [0, 0.1) is 0 Å². The highest BCUT2D eigenvalue weighted by Gasteiger charge is 2.26. The normalized spacial score (nSPS) is 12.6. The molecule has 1 aromatic rings. The number of hydrogen-bond acceptors (Lipinski definition) is 3. The molecule has 108 valence electrons. The van der Waals surface area contributed by atoms with Crippen molar-refractivity contribution in [1.29, 1.82) is 0 Å². The van der Waals surface area contributed by atoms with Crippen molar-refractivity contribution in [3.8, 4) is 5.75 Å². The van der Waals surface area contributed by atoms with Crippen molar-refractivity contribution in [3.63, 3.8) is 0 Å². The quantitative estimate of drug-likeness (QED) is 0.792. The molecule has 0 saturated heterocycles. The first-order valence-electron chi connectivity index (χ1n) is 5.57. The summed E-state index contributed by atoms with van der Waals surface area (Å²) in [5, 5.41) is 9.39. The second-order valence-corrected chi connectivity index (χ2v) is 5.67. The summed E-state index contributed by atoms with van der Waals surface area (Å²) < 4.78 is 61.2. The molecular weight excluding hydrogens is 283 g/mol. The molecule has 0 radical (unpaired) electrons. The van der Waals surface area contributed by atoms with Gasteiger partial charge < -0.3 is 5.11 Å². The lowest BCUT2D eigenvalue weighted by atomic mass is 10.2. The van der Waals surface area contributed by atoms with Gasteiger partial charge in [0.15, 0.2) is 0 Å². The van der Waals surface area contributed by atoms with Crippen LogP contribution in [0.4, 0.5) is 13.2 Å². The van der Waals surface area contributed by atoms with Crippen molar-refractivity contribution in [2.75, 3.05) is 6.54 Å². The van der Waals surface area contributed by atoms with E-state index >= 15 is 0 Å². The maximum Gasteiger partial charge on any atom is 0.389 e. The maximum absolute atomic E-state index is 11.9. The summed E-state index contributed by atoms with van der Waals surface area (Å²) in [5.41, 5.74) is 0. The third-order valence-corrected chi connectivity index (χ3v) is 3.84. The average molecular weight is 297 g/mol. The molecule has 0 atom stereocenters.